The normalized spacial score (nSPS) is 29.2. The standard InChI is InChI=1S/C11H16N5O7P.C11H15N5O4/c1-20-7-6(18)11(22-23-24(19)4-17)21-10(7)16-3-15-5-8(12)13-2-14-9(5)16;1-19-8-7(18)5(2-17)20-11(8)16-4-15-6-9(12)13-3-14-10(6)16/h2-3,6-7,10-11,17-19H,4H2,1H3,(H2,12,13,14);3-5,7-8,11,17-18H,2H2,1H3,(H2,12,13,14)/t6?,7-,10+,11+,24?;5-,7?,8+,11-/m01/s1. The van der Waals surface area contributed by atoms with Gasteiger partial charge in [0.1, 0.15) is 60.6 Å². The summed E-state index contributed by atoms with van der Waals surface area (Å²) in [6, 6.07) is 0. The average Bonchev–Trinajstić information content (AvgIpc) is 3.79. The lowest BCUT2D eigenvalue weighted by Crippen LogP contribution is -2.34. The van der Waals surface area contributed by atoms with Crippen LogP contribution in [0.1, 0.15) is 12.5 Å². The second-order valence-electron chi connectivity index (χ2n) is 9.35. The Labute approximate surface area is 248 Å². The largest absolute Gasteiger partial charge is 0.394 e. The van der Waals surface area contributed by atoms with Gasteiger partial charge in [-0.05, 0) is 0 Å². The number of ether oxygens (including phenoxy) is 4. The van der Waals surface area contributed by atoms with E-state index in [1.807, 2.05) is 0 Å². The molecule has 21 nitrogen and oxygen atoms in total. The summed E-state index contributed by atoms with van der Waals surface area (Å²) in [5.41, 5.74) is 13.2. The highest BCUT2D eigenvalue weighted by atomic mass is 31.2. The minimum Gasteiger partial charge on any atom is -0.394 e. The summed E-state index contributed by atoms with van der Waals surface area (Å²) >= 11 is 0. The van der Waals surface area contributed by atoms with Crippen molar-refractivity contribution in [3.63, 3.8) is 0 Å². The minimum absolute atomic E-state index is 0.205. The number of hydrogen-bond donors (Lipinski definition) is 7. The maximum atomic E-state index is 10.2. The molecule has 0 radical (unpaired) electrons. The van der Waals surface area contributed by atoms with Crippen LogP contribution in [0.15, 0.2) is 25.3 Å². The Hall–Kier alpha value is -3.31. The van der Waals surface area contributed by atoms with Crippen LogP contribution >= 0.6 is 8.38 Å². The number of imidazole rings is 2. The fourth-order valence-corrected chi connectivity index (χ4v) is 4.99. The molecule has 4 aromatic rings. The summed E-state index contributed by atoms with van der Waals surface area (Å²) in [5, 5.41) is 38.2. The van der Waals surface area contributed by atoms with Gasteiger partial charge >= 0.3 is 0 Å². The fraction of sp³-hybridized carbons (Fsp3) is 0.545. The molecule has 2 saturated heterocycles. The van der Waals surface area contributed by atoms with Gasteiger partial charge in [-0.1, -0.05) is 0 Å². The van der Waals surface area contributed by atoms with Gasteiger partial charge in [-0.15, -0.1) is 0 Å². The van der Waals surface area contributed by atoms with Crippen LogP contribution in [-0.2, 0) is 28.5 Å². The zero-order chi connectivity index (χ0) is 31.5. The summed E-state index contributed by atoms with van der Waals surface area (Å²) < 4.78 is 29.4. The molecule has 9 N–H and O–H groups in total. The lowest BCUT2D eigenvalue weighted by Gasteiger charge is -2.19. The first-order valence-corrected chi connectivity index (χ1v) is 14.2. The maximum absolute atomic E-state index is 10.2. The average molecular weight is 643 g/mol. The van der Waals surface area contributed by atoms with Gasteiger partial charge in [-0.3, -0.25) is 9.13 Å². The molecule has 0 amide bonds. The van der Waals surface area contributed by atoms with Crippen molar-refractivity contribution < 1.29 is 53.8 Å². The highest BCUT2D eigenvalue weighted by Gasteiger charge is 2.48. The van der Waals surface area contributed by atoms with Crippen LogP contribution in [0.2, 0.25) is 0 Å². The Balaban J connectivity index is 0.000000177. The molecular formula is C22H31N10O11P. The van der Waals surface area contributed by atoms with Crippen molar-refractivity contribution in [2.75, 3.05) is 38.6 Å². The zero-order valence-electron chi connectivity index (χ0n) is 23.2. The minimum atomic E-state index is -2.18. The molecule has 6 heterocycles. The molecule has 0 aromatic carbocycles. The number of methoxy groups -OCH3 is 2. The van der Waals surface area contributed by atoms with Gasteiger partial charge in [0, 0.05) is 14.2 Å². The van der Waals surface area contributed by atoms with E-state index in [1.165, 1.54) is 44.1 Å². The summed E-state index contributed by atoms with van der Waals surface area (Å²) in [5.74, 6) is 0.469. The fourth-order valence-electron chi connectivity index (χ4n) is 4.75. The second-order valence-corrected chi connectivity index (χ2v) is 10.5. The Kier molecular flexibility index (Phi) is 10.0. The number of aliphatic hydroxyl groups is 4. The number of aromatic nitrogens is 8. The molecular weight excluding hydrogens is 611 g/mol. The Morgan fingerprint density at radius 2 is 1.34 bits per heavy atom. The molecule has 3 unspecified atom stereocenters. The molecule has 44 heavy (non-hydrogen) atoms. The van der Waals surface area contributed by atoms with Crippen molar-refractivity contribution in [2.45, 2.75) is 49.3 Å². The lowest BCUT2D eigenvalue weighted by atomic mass is 10.1. The van der Waals surface area contributed by atoms with E-state index in [2.05, 4.69) is 34.6 Å². The highest BCUT2D eigenvalue weighted by molar-refractivity contribution is 7.45. The van der Waals surface area contributed by atoms with Gasteiger partial charge in [0.2, 0.25) is 14.7 Å². The zero-order valence-corrected chi connectivity index (χ0v) is 24.1. The molecule has 6 rings (SSSR count). The first kappa shape index (κ1) is 32.1. The molecule has 0 aliphatic carbocycles. The molecule has 4 aromatic heterocycles. The van der Waals surface area contributed by atoms with Gasteiger partial charge in [0.05, 0.1) is 19.3 Å². The van der Waals surface area contributed by atoms with Crippen LogP contribution in [0.3, 0.4) is 0 Å². The van der Waals surface area contributed by atoms with Crippen LogP contribution in [0, 0.1) is 0 Å². The summed E-state index contributed by atoms with van der Waals surface area (Å²) in [6.45, 7) is -0.304. The smallest absolute Gasteiger partial charge is 0.232 e. The van der Waals surface area contributed by atoms with Gasteiger partial charge in [0.15, 0.2) is 35.4 Å². The number of fused-ring (bicyclic) bond motifs is 2. The van der Waals surface area contributed by atoms with E-state index in [-0.39, 0.29) is 18.2 Å². The molecule has 240 valence electrons. The van der Waals surface area contributed by atoms with E-state index in [0.29, 0.717) is 22.3 Å². The third-order valence-electron chi connectivity index (χ3n) is 6.87. The van der Waals surface area contributed by atoms with Gasteiger partial charge < -0.3 is 55.7 Å². The lowest BCUT2D eigenvalue weighted by molar-refractivity contribution is -0.332. The van der Waals surface area contributed by atoms with Crippen LogP contribution in [-0.4, -0.2) is 128 Å². The third-order valence-corrected chi connectivity index (χ3v) is 7.37. The Morgan fingerprint density at radius 3 is 1.84 bits per heavy atom. The summed E-state index contributed by atoms with van der Waals surface area (Å²) in [4.78, 5) is 38.2. The molecule has 0 saturated carbocycles. The second kappa shape index (κ2) is 13.8. The monoisotopic (exact) mass is 642 g/mol. The van der Waals surface area contributed by atoms with Crippen molar-refractivity contribution in [3.05, 3.63) is 25.3 Å². The first-order valence-electron chi connectivity index (χ1n) is 12.8. The number of anilines is 2. The van der Waals surface area contributed by atoms with E-state index in [9.17, 15) is 20.2 Å². The number of aliphatic hydroxyl groups excluding tert-OH is 4. The van der Waals surface area contributed by atoms with Crippen LogP contribution in [0.25, 0.3) is 22.3 Å². The number of nitrogens with zero attached hydrogens (tertiary/aromatic N) is 8. The SMILES string of the molecule is CO[C@H]1C(O)[C@@H](CO)O[C@H]1n1cnc2c(N)ncnc21.CO[C@H]1C(O)[C@@H](OOP(O)CO)O[C@H]1n1cnc2c(N)ncnc21. The highest BCUT2D eigenvalue weighted by Crippen LogP contribution is 2.37. The van der Waals surface area contributed by atoms with E-state index in [1.54, 1.807) is 4.57 Å². The van der Waals surface area contributed by atoms with Gasteiger partial charge in [0.25, 0.3) is 0 Å². The van der Waals surface area contributed by atoms with Gasteiger partial charge in [-0.2, -0.15) is 9.56 Å². The molecule has 9 atom stereocenters. The van der Waals surface area contributed by atoms with Crippen molar-refractivity contribution in [3.8, 4) is 0 Å². The summed E-state index contributed by atoms with van der Waals surface area (Å²) in [7, 11) is 0.677. The predicted octanol–water partition coefficient (Wildman–Crippen LogP) is -2.48. The van der Waals surface area contributed by atoms with Crippen LogP contribution in [0.5, 0.6) is 0 Å². The topological polar surface area (TPSA) is 296 Å². The molecule has 2 aliphatic rings. The van der Waals surface area contributed by atoms with E-state index >= 15 is 0 Å². The third kappa shape index (κ3) is 6.00. The number of nitrogens with two attached hydrogens (primary N) is 2. The maximum Gasteiger partial charge on any atom is 0.232 e. The van der Waals surface area contributed by atoms with Crippen molar-refractivity contribution >= 4 is 42.3 Å². The molecule has 0 spiro atoms. The van der Waals surface area contributed by atoms with Crippen LogP contribution < -0.4 is 11.5 Å². The molecule has 22 heteroatoms. The van der Waals surface area contributed by atoms with Crippen molar-refractivity contribution in [2.24, 2.45) is 0 Å². The Bertz CT molecular complexity index is 1550. The first-order chi connectivity index (χ1) is 21.2. The quantitative estimate of drug-likeness (QED) is 0.0564. The Morgan fingerprint density at radius 1 is 0.818 bits per heavy atom. The molecule has 2 aliphatic heterocycles. The van der Waals surface area contributed by atoms with Crippen LogP contribution in [0.4, 0.5) is 11.6 Å². The van der Waals surface area contributed by atoms with Crippen molar-refractivity contribution in [1.82, 2.24) is 39.0 Å². The number of rotatable bonds is 9. The van der Waals surface area contributed by atoms with E-state index in [0.717, 1.165) is 0 Å². The van der Waals surface area contributed by atoms with Crippen molar-refractivity contribution in [1.29, 1.82) is 0 Å². The molecule has 0 bridgehead atoms. The number of hydrogen-bond acceptors (Lipinski definition) is 19. The summed E-state index contributed by atoms with van der Waals surface area (Å²) in [6.07, 6.45) is -2.17. The van der Waals surface area contributed by atoms with E-state index < -0.39 is 64.0 Å². The number of nitrogen functional groups attached to an aromatic ring is 2. The van der Waals surface area contributed by atoms with Gasteiger partial charge in [-0.25, -0.2) is 29.9 Å². The van der Waals surface area contributed by atoms with E-state index in [4.69, 9.17) is 40.4 Å². The predicted molar refractivity (Wildman–Crippen MR) is 146 cm³/mol. The molecule has 2 fully saturated rings.